The van der Waals surface area contributed by atoms with E-state index in [9.17, 15) is 4.79 Å². The summed E-state index contributed by atoms with van der Waals surface area (Å²) in [5, 5.41) is 3.01. The number of hydrogen-bond donors (Lipinski definition) is 1. The largest absolute Gasteiger partial charge is 0.465 e. The van der Waals surface area contributed by atoms with E-state index in [4.69, 9.17) is 14.2 Å². The number of rotatable bonds is 10. The average molecular weight is 247 g/mol. The maximum Gasteiger partial charge on any atom is 0.326 e. The first-order valence-electron chi connectivity index (χ1n) is 6.03. The molecule has 1 N–H and O–H groups in total. The standard InChI is InChI=1S/C12H25NO4/c1-5-17-11(14)12(2,13-3)7-6-8-16-10-9-15-4/h13H,5-10H2,1-4H3. The second kappa shape index (κ2) is 9.39. The van der Waals surface area contributed by atoms with Crippen LogP contribution in [0.2, 0.25) is 0 Å². The second-order valence-corrected chi connectivity index (χ2v) is 4.01. The minimum absolute atomic E-state index is 0.209. The molecule has 0 bridgehead atoms. The molecule has 0 aromatic rings. The zero-order valence-electron chi connectivity index (χ0n) is 11.4. The Bertz CT molecular complexity index is 211. The van der Waals surface area contributed by atoms with Gasteiger partial charge in [-0.05, 0) is 33.7 Å². The van der Waals surface area contributed by atoms with Crippen LogP contribution in [0, 0.1) is 0 Å². The molecule has 17 heavy (non-hydrogen) atoms. The Balaban J connectivity index is 3.83. The van der Waals surface area contributed by atoms with Gasteiger partial charge in [-0.2, -0.15) is 0 Å². The van der Waals surface area contributed by atoms with Crippen LogP contribution in [0.1, 0.15) is 26.7 Å². The first-order chi connectivity index (χ1) is 8.10. The normalized spacial score (nSPS) is 14.4. The Morgan fingerprint density at radius 3 is 2.53 bits per heavy atom. The molecule has 0 fully saturated rings. The second-order valence-electron chi connectivity index (χ2n) is 4.01. The predicted octanol–water partition coefficient (Wildman–Crippen LogP) is 0.971. The Morgan fingerprint density at radius 1 is 1.29 bits per heavy atom. The van der Waals surface area contributed by atoms with Gasteiger partial charge in [0.15, 0.2) is 0 Å². The maximum absolute atomic E-state index is 11.7. The molecule has 0 radical (unpaired) electrons. The molecular formula is C12H25NO4. The molecule has 0 aliphatic carbocycles. The highest BCUT2D eigenvalue weighted by atomic mass is 16.5. The SMILES string of the molecule is CCOC(=O)C(C)(CCCOCCOC)NC. The molecule has 5 nitrogen and oxygen atoms in total. The fourth-order valence-corrected chi connectivity index (χ4v) is 1.39. The summed E-state index contributed by atoms with van der Waals surface area (Å²) in [4.78, 5) is 11.7. The van der Waals surface area contributed by atoms with Gasteiger partial charge < -0.3 is 19.5 Å². The number of hydrogen-bond acceptors (Lipinski definition) is 5. The molecular weight excluding hydrogens is 222 g/mol. The van der Waals surface area contributed by atoms with E-state index < -0.39 is 5.54 Å². The lowest BCUT2D eigenvalue weighted by Gasteiger charge is -2.26. The van der Waals surface area contributed by atoms with Crippen molar-refractivity contribution >= 4 is 5.97 Å². The predicted molar refractivity (Wildman–Crippen MR) is 66.0 cm³/mol. The van der Waals surface area contributed by atoms with Gasteiger partial charge in [0, 0.05) is 13.7 Å². The lowest BCUT2D eigenvalue weighted by atomic mass is 9.96. The molecule has 0 amide bonds. The molecule has 5 heteroatoms. The summed E-state index contributed by atoms with van der Waals surface area (Å²) in [6.07, 6.45) is 1.50. The van der Waals surface area contributed by atoms with E-state index in [-0.39, 0.29) is 5.97 Å². The molecule has 0 aromatic carbocycles. The third-order valence-corrected chi connectivity index (χ3v) is 2.67. The van der Waals surface area contributed by atoms with Crippen LogP contribution in [0.15, 0.2) is 0 Å². The van der Waals surface area contributed by atoms with Gasteiger partial charge in [0.05, 0.1) is 19.8 Å². The molecule has 102 valence electrons. The van der Waals surface area contributed by atoms with Gasteiger partial charge in [-0.3, -0.25) is 4.79 Å². The summed E-state index contributed by atoms with van der Waals surface area (Å²) in [5.74, 6) is -0.209. The van der Waals surface area contributed by atoms with Crippen molar-refractivity contribution in [1.82, 2.24) is 5.32 Å². The van der Waals surface area contributed by atoms with Crippen molar-refractivity contribution in [3.63, 3.8) is 0 Å². The van der Waals surface area contributed by atoms with Gasteiger partial charge in [-0.15, -0.1) is 0 Å². The highest BCUT2D eigenvalue weighted by Gasteiger charge is 2.32. The zero-order chi connectivity index (χ0) is 13.1. The van der Waals surface area contributed by atoms with Gasteiger partial charge in [0.25, 0.3) is 0 Å². The number of nitrogens with one attached hydrogen (secondary N) is 1. The van der Waals surface area contributed by atoms with E-state index in [0.29, 0.717) is 32.8 Å². The molecule has 0 rings (SSSR count). The van der Waals surface area contributed by atoms with E-state index in [1.807, 2.05) is 13.8 Å². The smallest absolute Gasteiger partial charge is 0.326 e. The van der Waals surface area contributed by atoms with E-state index in [2.05, 4.69) is 5.32 Å². The highest BCUT2D eigenvalue weighted by molar-refractivity contribution is 5.80. The summed E-state index contributed by atoms with van der Waals surface area (Å²) >= 11 is 0. The molecule has 1 atom stereocenters. The molecule has 0 aliphatic rings. The lowest BCUT2D eigenvalue weighted by Crippen LogP contribution is -2.48. The van der Waals surface area contributed by atoms with Crippen LogP contribution in [0.3, 0.4) is 0 Å². The van der Waals surface area contributed by atoms with Crippen molar-refractivity contribution in [3.05, 3.63) is 0 Å². The Kier molecular flexibility index (Phi) is 9.03. The molecule has 0 spiro atoms. The monoisotopic (exact) mass is 247 g/mol. The number of ether oxygens (including phenoxy) is 3. The lowest BCUT2D eigenvalue weighted by molar-refractivity contribution is -0.150. The number of esters is 1. The Morgan fingerprint density at radius 2 is 2.00 bits per heavy atom. The summed E-state index contributed by atoms with van der Waals surface area (Å²) < 4.78 is 15.2. The van der Waals surface area contributed by atoms with Crippen LogP contribution in [0.4, 0.5) is 0 Å². The number of likely N-dealkylation sites (N-methyl/N-ethyl adjacent to an activating group) is 1. The van der Waals surface area contributed by atoms with Gasteiger partial charge in [0.2, 0.25) is 0 Å². The van der Waals surface area contributed by atoms with E-state index >= 15 is 0 Å². The third-order valence-electron chi connectivity index (χ3n) is 2.67. The fraction of sp³-hybridized carbons (Fsp3) is 0.917. The summed E-state index contributed by atoms with van der Waals surface area (Å²) in [7, 11) is 3.41. The summed E-state index contributed by atoms with van der Waals surface area (Å²) in [6.45, 7) is 5.87. The van der Waals surface area contributed by atoms with Crippen LogP contribution in [0.5, 0.6) is 0 Å². The molecule has 1 unspecified atom stereocenters. The van der Waals surface area contributed by atoms with E-state index in [0.717, 1.165) is 6.42 Å². The summed E-state index contributed by atoms with van der Waals surface area (Å²) in [5.41, 5.74) is -0.624. The summed E-state index contributed by atoms with van der Waals surface area (Å²) in [6, 6.07) is 0. The van der Waals surface area contributed by atoms with E-state index in [1.54, 1.807) is 14.2 Å². The van der Waals surface area contributed by atoms with Gasteiger partial charge >= 0.3 is 5.97 Å². The van der Waals surface area contributed by atoms with Crippen molar-refractivity contribution in [1.29, 1.82) is 0 Å². The third kappa shape index (κ3) is 6.61. The van der Waals surface area contributed by atoms with Crippen molar-refractivity contribution in [2.75, 3.05) is 40.6 Å². The van der Waals surface area contributed by atoms with Crippen LogP contribution in [0.25, 0.3) is 0 Å². The van der Waals surface area contributed by atoms with Crippen LogP contribution >= 0.6 is 0 Å². The Labute approximate surface area is 104 Å². The first-order valence-corrected chi connectivity index (χ1v) is 6.03. The van der Waals surface area contributed by atoms with Gasteiger partial charge in [0.1, 0.15) is 5.54 Å². The van der Waals surface area contributed by atoms with Gasteiger partial charge in [-0.1, -0.05) is 0 Å². The molecule has 0 heterocycles. The Hall–Kier alpha value is -0.650. The molecule has 0 aromatic heterocycles. The van der Waals surface area contributed by atoms with Crippen LogP contribution < -0.4 is 5.32 Å². The number of carbonyl (C=O) groups excluding carboxylic acids is 1. The van der Waals surface area contributed by atoms with Crippen molar-refractivity contribution < 1.29 is 19.0 Å². The van der Waals surface area contributed by atoms with Crippen LogP contribution in [-0.2, 0) is 19.0 Å². The fourth-order valence-electron chi connectivity index (χ4n) is 1.39. The average Bonchev–Trinajstić information content (AvgIpc) is 2.33. The van der Waals surface area contributed by atoms with Crippen molar-refractivity contribution in [3.8, 4) is 0 Å². The minimum atomic E-state index is -0.624. The molecule has 0 saturated carbocycles. The quantitative estimate of drug-likeness (QED) is 0.460. The van der Waals surface area contributed by atoms with Crippen LogP contribution in [-0.4, -0.2) is 52.1 Å². The first kappa shape index (κ1) is 16.4. The highest BCUT2D eigenvalue weighted by Crippen LogP contribution is 2.14. The van der Waals surface area contributed by atoms with Gasteiger partial charge in [-0.25, -0.2) is 0 Å². The zero-order valence-corrected chi connectivity index (χ0v) is 11.4. The molecule has 0 aliphatic heterocycles. The minimum Gasteiger partial charge on any atom is -0.465 e. The number of methoxy groups -OCH3 is 1. The molecule has 0 saturated heterocycles. The number of carbonyl (C=O) groups is 1. The topological polar surface area (TPSA) is 56.8 Å². The van der Waals surface area contributed by atoms with Crippen molar-refractivity contribution in [2.45, 2.75) is 32.2 Å². The maximum atomic E-state index is 11.7. The van der Waals surface area contributed by atoms with E-state index in [1.165, 1.54) is 0 Å². The van der Waals surface area contributed by atoms with Crippen molar-refractivity contribution in [2.24, 2.45) is 0 Å².